The van der Waals surface area contributed by atoms with Gasteiger partial charge >= 0.3 is 5.97 Å². The third-order valence-electron chi connectivity index (χ3n) is 3.68. The summed E-state index contributed by atoms with van der Waals surface area (Å²) in [5, 5.41) is 11.6. The van der Waals surface area contributed by atoms with E-state index in [1.54, 1.807) is 29.7 Å². The molecule has 1 atom stereocenters. The number of nitrogens with zero attached hydrogens (tertiary/aromatic N) is 2. The number of benzene rings is 1. The van der Waals surface area contributed by atoms with Gasteiger partial charge in [-0.3, -0.25) is 0 Å². The van der Waals surface area contributed by atoms with Gasteiger partial charge in [-0.2, -0.15) is 0 Å². The molecule has 0 radical (unpaired) electrons. The predicted molar refractivity (Wildman–Crippen MR) is 96.5 cm³/mol. The Morgan fingerprint density at radius 1 is 1.46 bits per heavy atom. The smallest absolute Gasteiger partial charge is 0.358 e. The third-order valence-corrected chi connectivity index (χ3v) is 4.47. The number of aryl methyl sites for hydroxylation is 1. The van der Waals surface area contributed by atoms with E-state index in [0.717, 1.165) is 5.56 Å². The molecule has 5 nitrogen and oxygen atoms in total. The maximum atomic E-state index is 12.3. The molecule has 1 N–H and O–H groups in total. The lowest BCUT2D eigenvalue weighted by atomic mass is 9.99. The van der Waals surface area contributed by atoms with E-state index >= 15 is 0 Å². The van der Waals surface area contributed by atoms with Crippen LogP contribution in [0, 0.1) is 6.92 Å². The summed E-state index contributed by atoms with van der Waals surface area (Å²) in [6, 6.07) is 5.23. The van der Waals surface area contributed by atoms with E-state index in [1.165, 1.54) is 0 Å². The number of ether oxygens (including phenoxy) is 1. The Hall–Kier alpha value is -1.37. The molecule has 0 saturated carbocycles. The molecular formula is C17H20BrClN2O3. The third kappa shape index (κ3) is 3.66. The van der Waals surface area contributed by atoms with E-state index < -0.39 is 12.1 Å². The highest BCUT2D eigenvalue weighted by molar-refractivity contribution is 9.10. The lowest BCUT2D eigenvalue weighted by Gasteiger charge is -2.20. The van der Waals surface area contributed by atoms with Crippen molar-refractivity contribution in [3.05, 3.63) is 50.5 Å². The minimum Gasteiger partial charge on any atom is -0.461 e. The summed E-state index contributed by atoms with van der Waals surface area (Å²) in [5.41, 5.74) is 2.01. The molecule has 0 fully saturated rings. The van der Waals surface area contributed by atoms with Crippen molar-refractivity contribution in [3.63, 3.8) is 0 Å². The molecule has 0 bridgehead atoms. The van der Waals surface area contributed by atoms with Gasteiger partial charge in [0.15, 0.2) is 10.4 Å². The number of hydrogen-bond donors (Lipinski definition) is 1. The fourth-order valence-corrected chi connectivity index (χ4v) is 3.62. The molecule has 2 aromatic rings. The molecule has 2 rings (SSSR count). The van der Waals surface area contributed by atoms with Gasteiger partial charge in [0.2, 0.25) is 0 Å². The van der Waals surface area contributed by atoms with E-state index in [4.69, 9.17) is 16.3 Å². The summed E-state index contributed by atoms with van der Waals surface area (Å²) in [6.07, 6.45) is -1.03. The van der Waals surface area contributed by atoms with Crippen LogP contribution < -0.4 is 0 Å². The first kappa shape index (κ1) is 19.0. The first-order valence-electron chi connectivity index (χ1n) is 7.66. The summed E-state index contributed by atoms with van der Waals surface area (Å²) in [5.74, 6) is -0.557. The quantitative estimate of drug-likeness (QED) is 0.733. The average Bonchev–Trinajstić information content (AvgIpc) is 2.84. The summed E-state index contributed by atoms with van der Waals surface area (Å²) < 4.78 is 7.34. The first-order valence-corrected chi connectivity index (χ1v) is 8.83. The van der Waals surface area contributed by atoms with Gasteiger partial charge < -0.3 is 14.4 Å². The minimum atomic E-state index is -1.03. The molecule has 0 aliphatic rings. The van der Waals surface area contributed by atoms with Crippen molar-refractivity contribution in [2.75, 3.05) is 6.61 Å². The molecule has 130 valence electrons. The van der Waals surface area contributed by atoms with Crippen molar-refractivity contribution < 1.29 is 14.6 Å². The molecule has 0 spiro atoms. The highest BCUT2D eigenvalue weighted by Crippen LogP contribution is 2.33. The number of hydrogen-bond acceptors (Lipinski definition) is 4. The number of aromatic nitrogens is 2. The Bertz CT molecular complexity index is 759. The molecule has 0 aliphatic heterocycles. The first-order chi connectivity index (χ1) is 11.3. The van der Waals surface area contributed by atoms with Crippen molar-refractivity contribution in [1.82, 2.24) is 9.55 Å². The summed E-state index contributed by atoms with van der Waals surface area (Å²) in [4.78, 5) is 16.5. The van der Waals surface area contributed by atoms with E-state index in [9.17, 15) is 9.90 Å². The van der Waals surface area contributed by atoms with Crippen LogP contribution in [0.25, 0.3) is 0 Å². The maximum Gasteiger partial charge on any atom is 0.358 e. The van der Waals surface area contributed by atoms with Crippen LogP contribution in [0.1, 0.15) is 60.2 Å². The van der Waals surface area contributed by atoms with Gasteiger partial charge in [-0.1, -0.05) is 17.7 Å². The minimum absolute atomic E-state index is 0.00712. The zero-order valence-electron chi connectivity index (χ0n) is 14.0. The SMILES string of the molecule is CCOC(=O)c1nc(Br)n(C(C)C)c1[C@H](O)c1ccc(Cl)cc1C. The van der Waals surface area contributed by atoms with E-state index in [1.807, 2.05) is 20.8 Å². The van der Waals surface area contributed by atoms with Gasteiger partial charge in [0, 0.05) is 11.1 Å². The van der Waals surface area contributed by atoms with E-state index in [-0.39, 0.29) is 18.3 Å². The van der Waals surface area contributed by atoms with Crippen LogP contribution in [-0.2, 0) is 4.74 Å². The largest absolute Gasteiger partial charge is 0.461 e. The highest BCUT2D eigenvalue weighted by atomic mass is 79.9. The summed E-state index contributed by atoms with van der Waals surface area (Å²) >= 11 is 9.37. The van der Waals surface area contributed by atoms with Crippen LogP contribution in [-0.4, -0.2) is 27.2 Å². The van der Waals surface area contributed by atoms with Crippen LogP contribution in [0.4, 0.5) is 0 Å². The number of carbonyl (C=O) groups is 1. The van der Waals surface area contributed by atoms with Gasteiger partial charge in [-0.25, -0.2) is 9.78 Å². The lowest BCUT2D eigenvalue weighted by Crippen LogP contribution is -2.17. The molecule has 0 aliphatic carbocycles. The van der Waals surface area contributed by atoms with Crippen molar-refractivity contribution in [2.24, 2.45) is 0 Å². The zero-order valence-corrected chi connectivity index (χ0v) is 16.3. The highest BCUT2D eigenvalue weighted by Gasteiger charge is 2.30. The second-order valence-corrected chi connectivity index (χ2v) is 6.85. The normalized spacial score (nSPS) is 12.5. The molecular weight excluding hydrogens is 396 g/mol. The monoisotopic (exact) mass is 414 g/mol. The number of rotatable bonds is 5. The molecule has 0 unspecified atom stereocenters. The molecule has 1 heterocycles. The van der Waals surface area contributed by atoms with Crippen LogP contribution in [0.3, 0.4) is 0 Å². The van der Waals surface area contributed by atoms with Crippen molar-refractivity contribution in [3.8, 4) is 0 Å². The number of halogens is 2. The topological polar surface area (TPSA) is 64.3 Å². The van der Waals surface area contributed by atoms with Crippen LogP contribution in [0.2, 0.25) is 5.02 Å². The van der Waals surface area contributed by atoms with Crippen molar-refractivity contribution >= 4 is 33.5 Å². The number of aliphatic hydroxyl groups is 1. The van der Waals surface area contributed by atoms with Crippen LogP contribution in [0.5, 0.6) is 0 Å². The lowest BCUT2D eigenvalue weighted by molar-refractivity contribution is 0.0513. The van der Waals surface area contributed by atoms with Crippen molar-refractivity contribution in [2.45, 2.75) is 39.8 Å². The van der Waals surface area contributed by atoms with E-state index in [0.29, 0.717) is 21.0 Å². The predicted octanol–water partition coefficient (Wildman–Crippen LogP) is 4.45. The Kier molecular flexibility index (Phi) is 6.06. The van der Waals surface area contributed by atoms with E-state index in [2.05, 4.69) is 20.9 Å². The van der Waals surface area contributed by atoms with Gasteiger partial charge in [0.1, 0.15) is 6.10 Å². The molecule has 24 heavy (non-hydrogen) atoms. The van der Waals surface area contributed by atoms with Crippen LogP contribution in [0.15, 0.2) is 22.9 Å². The van der Waals surface area contributed by atoms with Gasteiger partial charge in [-0.05, 0) is 66.9 Å². The van der Waals surface area contributed by atoms with Crippen molar-refractivity contribution in [1.29, 1.82) is 0 Å². The fourth-order valence-electron chi connectivity index (χ4n) is 2.61. The van der Waals surface area contributed by atoms with Gasteiger partial charge in [0.05, 0.1) is 12.3 Å². The molecule has 1 aromatic carbocycles. The molecule has 7 heteroatoms. The summed E-state index contributed by atoms with van der Waals surface area (Å²) in [7, 11) is 0. The van der Waals surface area contributed by atoms with Gasteiger partial charge in [0.25, 0.3) is 0 Å². The number of imidazole rings is 1. The fraction of sp³-hybridized carbons (Fsp3) is 0.412. The standard InChI is InChI=1S/C17H20BrClN2O3/c1-5-24-16(23)13-14(21(9(2)3)17(18)20-13)15(22)12-7-6-11(19)8-10(12)4/h6-9,15,22H,5H2,1-4H3/t15-/m1/s1. The molecule has 1 aromatic heterocycles. The Labute approximate surface area is 154 Å². The van der Waals surface area contributed by atoms with Gasteiger partial charge in [-0.15, -0.1) is 0 Å². The number of esters is 1. The Morgan fingerprint density at radius 2 is 2.12 bits per heavy atom. The Balaban J connectivity index is 2.63. The summed E-state index contributed by atoms with van der Waals surface area (Å²) in [6.45, 7) is 7.73. The zero-order chi connectivity index (χ0) is 18.0. The second kappa shape index (κ2) is 7.68. The Morgan fingerprint density at radius 3 is 2.67 bits per heavy atom. The maximum absolute atomic E-state index is 12.3. The number of carbonyl (C=O) groups excluding carboxylic acids is 1. The van der Waals surface area contributed by atoms with Crippen LogP contribution >= 0.6 is 27.5 Å². The average molecular weight is 416 g/mol. The molecule has 0 saturated heterocycles. The molecule has 0 amide bonds. The number of aliphatic hydroxyl groups excluding tert-OH is 1. The second-order valence-electron chi connectivity index (χ2n) is 5.70.